The van der Waals surface area contributed by atoms with Crippen LogP contribution in [0, 0.1) is 6.92 Å². The van der Waals surface area contributed by atoms with Crippen LogP contribution < -0.4 is 4.74 Å². The molecule has 0 aliphatic rings. The number of halogens is 1. The Morgan fingerprint density at radius 1 is 1.47 bits per heavy atom. The summed E-state index contributed by atoms with van der Waals surface area (Å²) in [4.78, 5) is 0. The normalized spacial score (nSPS) is 10.5. The first kappa shape index (κ1) is 11.8. The zero-order chi connectivity index (χ0) is 12.4. The molecule has 0 amide bonds. The lowest BCUT2D eigenvalue weighted by molar-refractivity contribution is 0.415. The topological polar surface area (TPSA) is 58.1 Å². The maximum absolute atomic E-state index is 9.56. The van der Waals surface area contributed by atoms with Crippen LogP contribution in [0.2, 0.25) is 5.02 Å². The van der Waals surface area contributed by atoms with E-state index in [4.69, 9.17) is 16.3 Å². The van der Waals surface area contributed by atoms with Gasteiger partial charge in [-0.05, 0) is 24.6 Å². The first-order valence-corrected chi connectivity index (χ1v) is 5.55. The van der Waals surface area contributed by atoms with Gasteiger partial charge >= 0.3 is 0 Å². The standard InChI is InChI=1S/C12H13ClN2O2/c1-7-9(12(16)15-14-7)5-8-3-4-11(17-2)10(13)6-8/h3-4,6H,5H2,1-2H3,(H2,14,15,16). The fraction of sp³-hybridized carbons (Fsp3) is 0.250. The molecule has 90 valence electrons. The Morgan fingerprint density at radius 3 is 2.76 bits per heavy atom. The molecule has 0 aliphatic heterocycles. The third-order valence-corrected chi connectivity index (χ3v) is 2.94. The highest BCUT2D eigenvalue weighted by Gasteiger charge is 2.10. The molecule has 4 nitrogen and oxygen atoms in total. The first-order chi connectivity index (χ1) is 8.11. The second-order valence-electron chi connectivity index (χ2n) is 3.80. The van der Waals surface area contributed by atoms with Crippen LogP contribution in [0.3, 0.4) is 0 Å². The summed E-state index contributed by atoms with van der Waals surface area (Å²) in [6.45, 7) is 1.87. The number of aromatic nitrogens is 2. The van der Waals surface area contributed by atoms with Crippen molar-refractivity contribution in [1.29, 1.82) is 0 Å². The Labute approximate surface area is 104 Å². The number of hydrogen-bond donors (Lipinski definition) is 2. The summed E-state index contributed by atoms with van der Waals surface area (Å²) in [6.07, 6.45) is 0.581. The molecule has 0 radical (unpaired) electrons. The number of nitrogens with one attached hydrogen (secondary N) is 1. The SMILES string of the molecule is COc1ccc(Cc2c(O)n[nH]c2C)cc1Cl. The molecule has 1 heterocycles. The summed E-state index contributed by atoms with van der Waals surface area (Å²) in [7, 11) is 1.58. The molecule has 2 rings (SSSR count). The quantitative estimate of drug-likeness (QED) is 0.883. The third-order valence-electron chi connectivity index (χ3n) is 2.65. The highest BCUT2D eigenvalue weighted by Crippen LogP contribution is 2.27. The van der Waals surface area contributed by atoms with E-state index in [0.29, 0.717) is 17.2 Å². The van der Waals surface area contributed by atoms with Gasteiger partial charge in [0.2, 0.25) is 5.88 Å². The number of aromatic hydroxyl groups is 1. The van der Waals surface area contributed by atoms with E-state index in [1.807, 2.05) is 25.1 Å². The molecule has 0 unspecified atom stereocenters. The fourth-order valence-electron chi connectivity index (χ4n) is 1.68. The van der Waals surface area contributed by atoms with E-state index >= 15 is 0 Å². The van der Waals surface area contributed by atoms with Crippen molar-refractivity contribution >= 4 is 11.6 Å². The van der Waals surface area contributed by atoms with Gasteiger partial charge in [-0.2, -0.15) is 0 Å². The first-order valence-electron chi connectivity index (χ1n) is 5.17. The summed E-state index contributed by atoms with van der Waals surface area (Å²) in [5, 5.41) is 16.6. The van der Waals surface area contributed by atoms with Crippen LogP contribution >= 0.6 is 11.6 Å². The maximum atomic E-state index is 9.56. The summed E-state index contributed by atoms with van der Waals surface area (Å²) in [5.74, 6) is 0.679. The second-order valence-corrected chi connectivity index (χ2v) is 4.20. The molecule has 0 spiro atoms. The molecule has 1 aromatic heterocycles. The third kappa shape index (κ3) is 2.36. The van der Waals surface area contributed by atoms with Crippen LogP contribution in [0.1, 0.15) is 16.8 Å². The minimum Gasteiger partial charge on any atom is -0.495 e. The molecule has 17 heavy (non-hydrogen) atoms. The Balaban J connectivity index is 2.28. The second kappa shape index (κ2) is 4.67. The van der Waals surface area contributed by atoms with Crippen LogP contribution in [0.15, 0.2) is 18.2 Å². The zero-order valence-corrected chi connectivity index (χ0v) is 10.4. The molecule has 0 atom stereocenters. The number of ether oxygens (including phenoxy) is 1. The number of benzene rings is 1. The summed E-state index contributed by atoms with van der Waals surface area (Å²) < 4.78 is 5.08. The van der Waals surface area contributed by atoms with Crippen molar-refractivity contribution < 1.29 is 9.84 Å². The van der Waals surface area contributed by atoms with Crippen molar-refractivity contribution in [1.82, 2.24) is 10.2 Å². The molecular weight excluding hydrogens is 240 g/mol. The van der Waals surface area contributed by atoms with Crippen molar-refractivity contribution in [3.05, 3.63) is 40.0 Å². The van der Waals surface area contributed by atoms with Gasteiger partial charge in [0, 0.05) is 17.7 Å². The minimum absolute atomic E-state index is 0.0365. The predicted molar refractivity (Wildman–Crippen MR) is 65.8 cm³/mol. The van der Waals surface area contributed by atoms with Gasteiger partial charge in [-0.1, -0.05) is 17.7 Å². The molecule has 1 aromatic carbocycles. The van der Waals surface area contributed by atoms with Gasteiger partial charge in [0.05, 0.1) is 12.1 Å². The van der Waals surface area contributed by atoms with Crippen molar-refractivity contribution in [2.24, 2.45) is 0 Å². The lowest BCUT2D eigenvalue weighted by Gasteiger charge is -2.06. The smallest absolute Gasteiger partial charge is 0.233 e. The lowest BCUT2D eigenvalue weighted by Crippen LogP contribution is -1.91. The Bertz CT molecular complexity index is 518. The highest BCUT2D eigenvalue weighted by molar-refractivity contribution is 6.32. The van der Waals surface area contributed by atoms with E-state index in [-0.39, 0.29) is 5.88 Å². The summed E-state index contributed by atoms with van der Waals surface area (Å²) in [6, 6.07) is 5.55. The molecule has 0 saturated carbocycles. The van der Waals surface area contributed by atoms with E-state index in [0.717, 1.165) is 16.8 Å². The Kier molecular flexibility index (Phi) is 3.24. The van der Waals surface area contributed by atoms with Crippen molar-refractivity contribution in [3.8, 4) is 11.6 Å². The largest absolute Gasteiger partial charge is 0.495 e. The highest BCUT2D eigenvalue weighted by atomic mass is 35.5. The van der Waals surface area contributed by atoms with Crippen molar-refractivity contribution in [2.75, 3.05) is 7.11 Å². The van der Waals surface area contributed by atoms with Gasteiger partial charge in [0.15, 0.2) is 0 Å². The minimum atomic E-state index is 0.0365. The van der Waals surface area contributed by atoms with Crippen molar-refractivity contribution in [3.63, 3.8) is 0 Å². The Hall–Kier alpha value is -1.68. The molecule has 2 N–H and O–H groups in total. The number of aromatic amines is 1. The fourth-order valence-corrected chi connectivity index (χ4v) is 1.96. The number of nitrogens with zero attached hydrogens (tertiary/aromatic N) is 1. The summed E-state index contributed by atoms with van der Waals surface area (Å²) >= 11 is 6.04. The van der Waals surface area contributed by atoms with Gasteiger partial charge in [-0.3, -0.25) is 5.10 Å². The predicted octanol–water partition coefficient (Wildman–Crippen LogP) is 2.68. The van der Waals surface area contributed by atoms with Gasteiger partial charge in [0.1, 0.15) is 5.75 Å². The number of H-pyrrole nitrogens is 1. The molecule has 0 aliphatic carbocycles. The molecule has 0 saturated heterocycles. The average molecular weight is 253 g/mol. The maximum Gasteiger partial charge on any atom is 0.233 e. The van der Waals surface area contributed by atoms with E-state index in [2.05, 4.69) is 10.2 Å². The van der Waals surface area contributed by atoms with E-state index in [9.17, 15) is 5.11 Å². The van der Waals surface area contributed by atoms with E-state index in [1.54, 1.807) is 7.11 Å². The van der Waals surface area contributed by atoms with Crippen molar-refractivity contribution in [2.45, 2.75) is 13.3 Å². The number of methoxy groups -OCH3 is 1. The zero-order valence-electron chi connectivity index (χ0n) is 9.62. The van der Waals surface area contributed by atoms with Crippen LogP contribution in [0.25, 0.3) is 0 Å². The van der Waals surface area contributed by atoms with Gasteiger partial charge in [-0.15, -0.1) is 5.10 Å². The number of hydrogen-bond acceptors (Lipinski definition) is 3. The molecule has 5 heteroatoms. The average Bonchev–Trinajstić information content (AvgIpc) is 2.61. The van der Waals surface area contributed by atoms with Crippen LogP contribution in [0.5, 0.6) is 11.6 Å². The number of rotatable bonds is 3. The van der Waals surface area contributed by atoms with Crippen LogP contribution in [0.4, 0.5) is 0 Å². The monoisotopic (exact) mass is 252 g/mol. The van der Waals surface area contributed by atoms with Crippen LogP contribution in [-0.2, 0) is 6.42 Å². The molecule has 0 fully saturated rings. The summed E-state index contributed by atoms with van der Waals surface area (Å²) in [5.41, 5.74) is 2.64. The molecule has 2 aromatic rings. The van der Waals surface area contributed by atoms with Gasteiger partial charge in [0.25, 0.3) is 0 Å². The number of aryl methyl sites for hydroxylation is 1. The van der Waals surface area contributed by atoms with E-state index < -0.39 is 0 Å². The Morgan fingerprint density at radius 2 is 2.24 bits per heavy atom. The van der Waals surface area contributed by atoms with E-state index in [1.165, 1.54) is 0 Å². The molecular formula is C12H13ClN2O2. The van der Waals surface area contributed by atoms with Crippen LogP contribution in [-0.4, -0.2) is 22.4 Å². The van der Waals surface area contributed by atoms with Gasteiger partial charge in [-0.25, -0.2) is 0 Å². The molecule has 0 bridgehead atoms. The van der Waals surface area contributed by atoms with Gasteiger partial charge < -0.3 is 9.84 Å². The lowest BCUT2D eigenvalue weighted by atomic mass is 10.1.